The van der Waals surface area contributed by atoms with E-state index in [-0.39, 0.29) is 6.04 Å². The van der Waals surface area contributed by atoms with Crippen molar-refractivity contribution < 1.29 is 19.4 Å². The zero-order valence-electron chi connectivity index (χ0n) is 9.55. The van der Waals surface area contributed by atoms with E-state index >= 15 is 0 Å². The summed E-state index contributed by atoms with van der Waals surface area (Å²) in [5.74, 6) is -1.17. The second kappa shape index (κ2) is 5.16. The van der Waals surface area contributed by atoms with Crippen LogP contribution >= 0.6 is 0 Å². The largest absolute Gasteiger partial charge is 0.480 e. The van der Waals surface area contributed by atoms with Gasteiger partial charge in [-0.05, 0) is 26.7 Å². The Kier molecular flexibility index (Phi) is 4.12. The van der Waals surface area contributed by atoms with Crippen molar-refractivity contribution in [1.29, 1.82) is 0 Å². The van der Waals surface area contributed by atoms with Gasteiger partial charge in [0.2, 0.25) is 0 Å². The second-order valence-corrected chi connectivity index (χ2v) is 4.14. The number of carboxylic acid groups (broad SMARTS) is 1. The van der Waals surface area contributed by atoms with E-state index in [1.165, 1.54) is 6.92 Å². The first-order valence-electron chi connectivity index (χ1n) is 5.39. The Labute approximate surface area is 94.3 Å². The van der Waals surface area contributed by atoms with Gasteiger partial charge >= 0.3 is 12.1 Å². The van der Waals surface area contributed by atoms with Crippen LogP contribution in [0, 0.1) is 0 Å². The lowest BCUT2D eigenvalue weighted by Gasteiger charge is -2.24. The fraction of sp³-hybridized carbons (Fsp3) is 0.800. The minimum atomic E-state index is -1.18. The number of nitrogens with zero attached hydrogens (tertiary/aromatic N) is 1. The van der Waals surface area contributed by atoms with Gasteiger partial charge in [-0.3, -0.25) is 4.79 Å². The van der Waals surface area contributed by atoms with Gasteiger partial charge in [-0.25, -0.2) is 4.79 Å². The first-order valence-corrected chi connectivity index (χ1v) is 5.39. The van der Waals surface area contributed by atoms with Gasteiger partial charge in [-0.1, -0.05) is 0 Å². The zero-order chi connectivity index (χ0) is 12.3. The molecule has 6 heteroatoms. The molecule has 1 saturated heterocycles. The number of ether oxygens (including phenoxy) is 1. The highest BCUT2D eigenvalue weighted by Gasteiger charge is 2.30. The Morgan fingerprint density at radius 2 is 2.19 bits per heavy atom. The lowest BCUT2D eigenvalue weighted by molar-refractivity contribution is -0.141. The van der Waals surface area contributed by atoms with Gasteiger partial charge in [0.25, 0.3) is 0 Å². The van der Waals surface area contributed by atoms with Crippen LogP contribution in [-0.4, -0.2) is 46.8 Å². The van der Waals surface area contributed by atoms with Crippen molar-refractivity contribution in [3.63, 3.8) is 0 Å². The third-order valence-electron chi connectivity index (χ3n) is 2.87. The number of likely N-dealkylation sites (tertiary alicyclic amines) is 1. The summed E-state index contributed by atoms with van der Waals surface area (Å²) in [4.78, 5) is 23.8. The van der Waals surface area contributed by atoms with Crippen LogP contribution in [0.2, 0.25) is 0 Å². The maximum Gasteiger partial charge on any atom is 0.410 e. The van der Waals surface area contributed by atoms with Crippen molar-refractivity contribution >= 4 is 12.1 Å². The molecule has 1 amide bonds. The molecule has 6 nitrogen and oxygen atoms in total. The Morgan fingerprint density at radius 1 is 1.56 bits per heavy atom. The standard InChI is InChI=1S/C10H18N2O4/c1-6-4-3-5-12(6)10(15)16-7(2)8(11)9(13)14/h6-8H,3-5,11H2,1-2H3,(H,13,14)/t6-,7-,8+/m1/s1. The molecule has 1 heterocycles. The number of carbonyl (C=O) groups is 2. The minimum Gasteiger partial charge on any atom is -0.480 e. The van der Waals surface area contributed by atoms with Gasteiger partial charge in [-0.2, -0.15) is 0 Å². The monoisotopic (exact) mass is 230 g/mol. The second-order valence-electron chi connectivity index (χ2n) is 4.14. The number of nitrogens with two attached hydrogens (primary N) is 1. The van der Waals surface area contributed by atoms with Crippen LogP contribution in [0.3, 0.4) is 0 Å². The molecule has 0 aromatic rings. The van der Waals surface area contributed by atoms with Crippen LogP contribution in [0.15, 0.2) is 0 Å². The molecule has 0 saturated carbocycles. The molecular formula is C10H18N2O4. The highest BCUT2D eigenvalue weighted by atomic mass is 16.6. The van der Waals surface area contributed by atoms with E-state index < -0.39 is 24.2 Å². The minimum absolute atomic E-state index is 0.153. The summed E-state index contributed by atoms with van der Waals surface area (Å²) in [6.07, 6.45) is 0.608. The average molecular weight is 230 g/mol. The maximum absolute atomic E-state index is 11.6. The number of carbonyl (C=O) groups excluding carboxylic acids is 1. The topological polar surface area (TPSA) is 92.9 Å². The Morgan fingerprint density at radius 3 is 2.62 bits per heavy atom. The number of amides is 1. The molecule has 1 aliphatic rings. The Balaban J connectivity index is 2.47. The number of carboxylic acids is 1. The molecule has 0 unspecified atom stereocenters. The number of aliphatic carboxylic acids is 1. The van der Waals surface area contributed by atoms with Gasteiger partial charge in [0.15, 0.2) is 0 Å². The predicted octanol–water partition coefficient (Wildman–Crippen LogP) is 0.408. The van der Waals surface area contributed by atoms with Crippen LogP contribution in [0.4, 0.5) is 4.79 Å². The van der Waals surface area contributed by atoms with Crippen molar-refractivity contribution in [3.05, 3.63) is 0 Å². The van der Waals surface area contributed by atoms with E-state index in [4.69, 9.17) is 15.6 Å². The molecular weight excluding hydrogens is 212 g/mol. The molecule has 0 aliphatic carbocycles. The van der Waals surface area contributed by atoms with Crippen LogP contribution in [0.1, 0.15) is 26.7 Å². The van der Waals surface area contributed by atoms with E-state index in [0.29, 0.717) is 6.54 Å². The molecule has 1 aliphatic heterocycles. The number of hydrogen-bond donors (Lipinski definition) is 2. The van der Waals surface area contributed by atoms with Crippen molar-refractivity contribution in [2.75, 3.05) is 6.54 Å². The Hall–Kier alpha value is -1.30. The quantitative estimate of drug-likeness (QED) is 0.732. The zero-order valence-corrected chi connectivity index (χ0v) is 9.55. The fourth-order valence-corrected chi connectivity index (χ4v) is 1.71. The summed E-state index contributed by atoms with van der Waals surface area (Å²) in [6.45, 7) is 4.09. The SMILES string of the molecule is C[C@@H]1CCCN1C(=O)O[C@H](C)[C@H](N)C(=O)O. The van der Waals surface area contributed by atoms with Gasteiger partial charge in [0.1, 0.15) is 12.1 Å². The first kappa shape index (κ1) is 12.8. The number of hydrogen-bond acceptors (Lipinski definition) is 4. The fourth-order valence-electron chi connectivity index (χ4n) is 1.71. The van der Waals surface area contributed by atoms with E-state index in [1.54, 1.807) is 4.90 Å². The van der Waals surface area contributed by atoms with Crippen LogP contribution in [0.5, 0.6) is 0 Å². The lowest BCUT2D eigenvalue weighted by atomic mass is 10.2. The molecule has 3 atom stereocenters. The summed E-state index contributed by atoms with van der Waals surface area (Å²) in [5.41, 5.74) is 5.35. The smallest absolute Gasteiger partial charge is 0.410 e. The third-order valence-corrected chi connectivity index (χ3v) is 2.87. The molecule has 0 spiro atoms. The highest BCUT2D eigenvalue weighted by molar-refractivity contribution is 5.75. The van der Waals surface area contributed by atoms with E-state index in [0.717, 1.165) is 12.8 Å². The number of rotatable bonds is 3. The van der Waals surface area contributed by atoms with Gasteiger partial charge in [0, 0.05) is 12.6 Å². The average Bonchev–Trinajstić information content (AvgIpc) is 2.62. The molecule has 0 bridgehead atoms. The van der Waals surface area contributed by atoms with E-state index in [2.05, 4.69) is 0 Å². The summed E-state index contributed by atoms with van der Waals surface area (Å²) in [5, 5.41) is 8.65. The molecule has 92 valence electrons. The highest BCUT2D eigenvalue weighted by Crippen LogP contribution is 2.18. The third kappa shape index (κ3) is 2.85. The molecule has 1 rings (SSSR count). The maximum atomic E-state index is 11.6. The molecule has 0 radical (unpaired) electrons. The molecule has 16 heavy (non-hydrogen) atoms. The molecule has 0 aromatic carbocycles. The van der Waals surface area contributed by atoms with E-state index in [1.807, 2.05) is 6.92 Å². The molecule has 0 aromatic heterocycles. The first-order chi connectivity index (χ1) is 7.43. The van der Waals surface area contributed by atoms with Crippen LogP contribution in [-0.2, 0) is 9.53 Å². The summed E-state index contributed by atoms with van der Waals surface area (Å²) in [6, 6.07) is -1.03. The van der Waals surface area contributed by atoms with Gasteiger partial charge in [-0.15, -0.1) is 0 Å². The van der Waals surface area contributed by atoms with Crippen molar-refractivity contribution in [3.8, 4) is 0 Å². The molecule has 1 fully saturated rings. The van der Waals surface area contributed by atoms with E-state index in [9.17, 15) is 9.59 Å². The summed E-state index contributed by atoms with van der Waals surface area (Å²) >= 11 is 0. The van der Waals surface area contributed by atoms with Gasteiger partial charge < -0.3 is 20.5 Å². The van der Waals surface area contributed by atoms with Crippen molar-refractivity contribution in [2.45, 2.75) is 44.9 Å². The Bertz CT molecular complexity index is 282. The van der Waals surface area contributed by atoms with Crippen LogP contribution in [0.25, 0.3) is 0 Å². The predicted molar refractivity (Wildman–Crippen MR) is 57.0 cm³/mol. The van der Waals surface area contributed by atoms with Crippen molar-refractivity contribution in [1.82, 2.24) is 4.90 Å². The normalized spacial score (nSPS) is 23.9. The summed E-state index contributed by atoms with van der Waals surface area (Å²) < 4.78 is 5.01. The lowest BCUT2D eigenvalue weighted by Crippen LogP contribution is -2.45. The summed E-state index contributed by atoms with van der Waals surface area (Å²) in [7, 11) is 0. The van der Waals surface area contributed by atoms with Crippen molar-refractivity contribution in [2.24, 2.45) is 5.73 Å². The van der Waals surface area contributed by atoms with Gasteiger partial charge in [0.05, 0.1) is 0 Å². The van der Waals surface area contributed by atoms with Crippen LogP contribution < -0.4 is 5.73 Å². The molecule has 3 N–H and O–H groups in total.